The average molecular weight is 431 g/mol. The minimum Gasteiger partial charge on any atom is -0.486 e. The van der Waals surface area contributed by atoms with Crippen LogP contribution in [0.3, 0.4) is 0 Å². The number of nitrogens with one attached hydrogen (secondary N) is 1. The van der Waals surface area contributed by atoms with Crippen LogP contribution in [0.15, 0.2) is 67.0 Å². The van der Waals surface area contributed by atoms with Crippen LogP contribution in [-0.2, 0) is 16.1 Å². The van der Waals surface area contributed by atoms with Gasteiger partial charge in [-0.05, 0) is 29.8 Å². The van der Waals surface area contributed by atoms with Gasteiger partial charge in [-0.2, -0.15) is 0 Å². The topological polar surface area (TPSA) is 90.0 Å². The zero-order chi connectivity index (χ0) is 21.9. The van der Waals surface area contributed by atoms with Gasteiger partial charge in [0.1, 0.15) is 25.0 Å². The first-order valence-corrected chi connectivity index (χ1v) is 10.3. The molecule has 8 heteroatoms. The molecule has 0 spiro atoms. The molecule has 32 heavy (non-hydrogen) atoms. The van der Waals surface area contributed by atoms with Crippen molar-refractivity contribution in [2.45, 2.75) is 12.6 Å². The molecule has 2 aliphatic rings. The third-order valence-electron chi connectivity index (χ3n) is 5.33. The van der Waals surface area contributed by atoms with Crippen molar-refractivity contribution in [3.05, 3.63) is 78.1 Å². The Morgan fingerprint density at radius 3 is 2.69 bits per heavy atom. The maximum atomic E-state index is 13.5. The maximum absolute atomic E-state index is 13.5. The first-order valence-electron chi connectivity index (χ1n) is 10.3. The second-order valence-electron chi connectivity index (χ2n) is 7.46. The molecule has 2 aliphatic heterocycles. The van der Waals surface area contributed by atoms with E-state index in [1.54, 1.807) is 48.8 Å². The third-order valence-corrected chi connectivity index (χ3v) is 5.33. The molecule has 3 aromatic rings. The molecule has 3 heterocycles. The number of aromatic nitrogens is 1. The number of hydrogen-bond acceptors (Lipinski definition) is 6. The van der Waals surface area contributed by atoms with E-state index in [2.05, 4.69) is 10.3 Å². The van der Waals surface area contributed by atoms with Gasteiger partial charge in [0.25, 0.3) is 11.8 Å². The van der Waals surface area contributed by atoms with Crippen LogP contribution in [0.4, 0.5) is 5.69 Å². The summed E-state index contributed by atoms with van der Waals surface area (Å²) < 4.78 is 16.9. The summed E-state index contributed by atoms with van der Waals surface area (Å²) in [7, 11) is 0. The minimum atomic E-state index is -0.880. The molecule has 0 saturated carbocycles. The number of amides is 2. The lowest BCUT2D eigenvalue weighted by molar-refractivity contribution is -0.140. The van der Waals surface area contributed by atoms with Crippen LogP contribution in [0.25, 0.3) is 0 Å². The molecule has 1 atom stereocenters. The van der Waals surface area contributed by atoms with E-state index in [0.717, 1.165) is 5.56 Å². The van der Waals surface area contributed by atoms with Crippen LogP contribution in [0.1, 0.15) is 17.2 Å². The summed E-state index contributed by atoms with van der Waals surface area (Å²) in [4.78, 5) is 32.2. The summed E-state index contributed by atoms with van der Waals surface area (Å²) in [6.45, 7) is 1.02. The van der Waals surface area contributed by atoms with E-state index in [0.29, 0.717) is 41.7 Å². The fourth-order valence-corrected chi connectivity index (χ4v) is 3.85. The smallest absolute Gasteiger partial charge is 0.261 e. The number of pyridine rings is 1. The highest BCUT2D eigenvalue weighted by Crippen LogP contribution is 2.36. The predicted molar refractivity (Wildman–Crippen MR) is 116 cm³/mol. The summed E-state index contributed by atoms with van der Waals surface area (Å²) in [6, 6.07) is 15.2. The number of benzene rings is 2. The summed E-state index contributed by atoms with van der Waals surface area (Å²) in [6.07, 6.45) is 3.35. The number of hydrogen-bond donors (Lipinski definition) is 1. The molecule has 0 bridgehead atoms. The van der Waals surface area contributed by atoms with Gasteiger partial charge in [-0.3, -0.25) is 14.6 Å². The van der Waals surface area contributed by atoms with E-state index in [1.807, 2.05) is 18.2 Å². The first-order chi connectivity index (χ1) is 15.7. The van der Waals surface area contributed by atoms with Gasteiger partial charge >= 0.3 is 0 Å². The molecule has 0 aliphatic carbocycles. The molecule has 1 aromatic heterocycles. The van der Waals surface area contributed by atoms with Crippen molar-refractivity contribution in [2.75, 3.05) is 25.1 Å². The van der Waals surface area contributed by atoms with E-state index in [9.17, 15) is 9.59 Å². The van der Waals surface area contributed by atoms with Gasteiger partial charge in [0.2, 0.25) is 0 Å². The van der Waals surface area contributed by atoms with Crippen LogP contribution in [0.5, 0.6) is 17.2 Å². The van der Waals surface area contributed by atoms with Crippen LogP contribution in [-0.4, -0.2) is 41.5 Å². The largest absolute Gasteiger partial charge is 0.486 e. The third kappa shape index (κ3) is 3.94. The summed E-state index contributed by atoms with van der Waals surface area (Å²) in [5.41, 5.74) is 1.99. The van der Waals surface area contributed by atoms with Gasteiger partial charge < -0.3 is 24.4 Å². The zero-order valence-electron chi connectivity index (χ0n) is 17.2. The number of para-hydroxylation sites is 1. The fraction of sp³-hybridized carbons (Fsp3) is 0.208. The standard InChI is InChI=1S/C24H21N3O5/c28-22-15-32-19-6-2-1-5-18(19)23(27(22)14-16-4-3-9-25-13-16)24(29)26-17-7-8-20-21(12-17)31-11-10-30-20/h1-9,12-13,23H,10-11,14-15H2,(H,26,29). The fourth-order valence-electron chi connectivity index (χ4n) is 3.85. The van der Waals surface area contributed by atoms with Crippen molar-refractivity contribution in [1.29, 1.82) is 0 Å². The molecule has 1 N–H and O–H groups in total. The molecule has 5 rings (SSSR count). The van der Waals surface area contributed by atoms with E-state index in [4.69, 9.17) is 14.2 Å². The molecule has 0 fully saturated rings. The van der Waals surface area contributed by atoms with Crippen molar-refractivity contribution in [3.8, 4) is 17.2 Å². The van der Waals surface area contributed by atoms with Gasteiger partial charge in [-0.1, -0.05) is 24.3 Å². The average Bonchev–Trinajstić information content (AvgIpc) is 2.96. The van der Waals surface area contributed by atoms with Gasteiger partial charge in [-0.25, -0.2) is 0 Å². The minimum absolute atomic E-state index is 0.148. The van der Waals surface area contributed by atoms with E-state index >= 15 is 0 Å². The van der Waals surface area contributed by atoms with Crippen molar-refractivity contribution < 1.29 is 23.8 Å². The highest BCUT2D eigenvalue weighted by Gasteiger charge is 2.36. The zero-order valence-corrected chi connectivity index (χ0v) is 17.2. The Bertz CT molecular complexity index is 1150. The Morgan fingerprint density at radius 1 is 1.00 bits per heavy atom. The molecule has 0 radical (unpaired) electrons. The molecule has 2 aromatic carbocycles. The van der Waals surface area contributed by atoms with Crippen molar-refractivity contribution >= 4 is 17.5 Å². The van der Waals surface area contributed by atoms with Crippen molar-refractivity contribution in [3.63, 3.8) is 0 Å². The molecular weight excluding hydrogens is 410 g/mol. The Labute approximate surface area is 184 Å². The maximum Gasteiger partial charge on any atom is 0.261 e. The summed E-state index contributed by atoms with van der Waals surface area (Å²) >= 11 is 0. The predicted octanol–water partition coefficient (Wildman–Crippen LogP) is 2.95. The van der Waals surface area contributed by atoms with Gasteiger partial charge in [0.05, 0.1) is 0 Å². The number of nitrogens with zero attached hydrogens (tertiary/aromatic N) is 2. The SMILES string of the molecule is O=C(Nc1ccc2c(c1)OCCO2)C1c2ccccc2OCC(=O)N1Cc1cccnc1. The highest BCUT2D eigenvalue weighted by atomic mass is 16.6. The summed E-state index contributed by atoms with van der Waals surface area (Å²) in [5.74, 6) is 1.08. The van der Waals surface area contributed by atoms with E-state index in [-0.39, 0.29) is 25.0 Å². The van der Waals surface area contributed by atoms with Gasteiger partial charge in [-0.15, -0.1) is 0 Å². The lowest BCUT2D eigenvalue weighted by Gasteiger charge is -2.29. The Kier molecular flexibility index (Phi) is 5.33. The normalized spacial score (nSPS) is 17.1. The Morgan fingerprint density at radius 2 is 1.84 bits per heavy atom. The number of carbonyl (C=O) groups is 2. The Balaban J connectivity index is 1.49. The van der Waals surface area contributed by atoms with Gasteiger partial charge in [0, 0.05) is 36.3 Å². The Hall–Kier alpha value is -4.07. The quantitative estimate of drug-likeness (QED) is 0.683. The number of fused-ring (bicyclic) bond motifs is 2. The van der Waals surface area contributed by atoms with E-state index in [1.165, 1.54) is 4.90 Å². The van der Waals surface area contributed by atoms with Crippen LogP contribution >= 0.6 is 0 Å². The van der Waals surface area contributed by atoms with Crippen LogP contribution in [0.2, 0.25) is 0 Å². The molecule has 0 saturated heterocycles. The number of ether oxygens (including phenoxy) is 3. The number of anilines is 1. The second-order valence-corrected chi connectivity index (χ2v) is 7.46. The molecule has 1 unspecified atom stereocenters. The lowest BCUT2D eigenvalue weighted by atomic mass is 10.0. The second kappa shape index (κ2) is 8.58. The lowest BCUT2D eigenvalue weighted by Crippen LogP contribution is -2.41. The molecular formula is C24H21N3O5. The number of rotatable bonds is 4. The highest BCUT2D eigenvalue weighted by molar-refractivity contribution is 5.99. The molecule has 2 amide bonds. The molecule has 162 valence electrons. The van der Waals surface area contributed by atoms with E-state index < -0.39 is 6.04 Å². The van der Waals surface area contributed by atoms with Crippen LogP contribution < -0.4 is 19.5 Å². The summed E-state index contributed by atoms with van der Waals surface area (Å²) in [5, 5.41) is 2.93. The van der Waals surface area contributed by atoms with Crippen molar-refractivity contribution in [2.24, 2.45) is 0 Å². The first kappa shape index (κ1) is 19.9. The monoisotopic (exact) mass is 431 g/mol. The number of carbonyl (C=O) groups excluding carboxylic acids is 2. The van der Waals surface area contributed by atoms with Gasteiger partial charge in [0.15, 0.2) is 18.1 Å². The molecule has 8 nitrogen and oxygen atoms in total. The van der Waals surface area contributed by atoms with Crippen LogP contribution in [0, 0.1) is 0 Å². The van der Waals surface area contributed by atoms with Crippen molar-refractivity contribution in [1.82, 2.24) is 9.88 Å².